The van der Waals surface area contributed by atoms with Crippen molar-refractivity contribution in [2.24, 2.45) is 5.92 Å². The van der Waals surface area contributed by atoms with Gasteiger partial charge in [0.1, 0.15) is 18.0 Å². The van der Waals surface area contributed by atoms with E-state index in [4.69, 9.17) is 0 Å². The molecule has 2 N–H and O–H groups in total. The Balaban J connectivity index is 1.45. The van der Waals surface area contributed by atoms with Crippen molar-refractivity contribution in [2.75, 3.05) is 23.3 Å². The number of anilines is 2. The highest BCUT2D eigenvalue weighted by molar-refractivity contribution is 7.13. The van der Waals surface area contributed by atoms with Crippen LogP contribution >= 0.6 is 11.3 Å². The van der Waals surface area contributed by atoms with Gasteiger partial charge in [-0.15, -0.1) is 11.3 Å². The summed E-state index contributed by atoms with van der Waals surface area (Å²) in [4.78, 5) is 24.3. The van der Waals surface area contributed by atoms with Gasteiger partial charge in [0.25, 0.3) is 5.91 Å². The first kappa shape index (κ1) is 16.7. The molecular weight excluding hydrogens is 348 g/mol. The zero-order valence-corrected chi connectivity index (χ0v) is 15.3. The maximum absolute atomic E-state index is 12.5. The SMILES string of the molecule is CC1CCN(c2cc(NC(=O)c3cc(-c4cccs4)[nH]n3)ncn2)CC1. The van der Waals surface area contributed by atoms with Crippen LogP contribution < -0.4 is 10.2 Å². The standard InChI is InChI=1S/C18H20N6OS/c1-12-4-6-24(7-5-12)17-10-16(19-11-20-17)21-18(25)14-9-13(22-23-14)15-3-2-8-26-15/h2-3,8-12H,4-7H2,1H3,(H,22,23)(H,19,20,21,25). The number of aromatic amines is 1. The van der Waals surface area contributed by atoms with Crippen LogP contribution in [0.5, 0.6) is 0 Å². The number of hydrogen-bond donors (Lipinski definition) is 2. The number of carbonyl (C=O) groups is 1. The average molecular weight is 368 g/mol. The smallest absolute Gasteiger partial charge is 0.277 e. The summed E-state index contributed by atoms with van der Waals surface area (Å²) >= 11 is 1.59. The highest BCUT2D eigenvalue weighted by Gasteiger charge is 2.18. The van der Waals surface area contributed by atoms with Crippen molar-refractivity contribution in [2.45, 2.75) is 19.8 Å². The summed E-state index contributed by atoms with van der Waals surface area (Å²) in [6, 6.07) is 7.51. The lowest BCUT2D eigenvalue weighted by Crippen LogP contribution is -2.33. The van der Waals surface area contributed by atoms with Crippen molar-refractivity contribution in [3.8, 4) is 10.6 Å². The second-order valence-corrected chi connectivity index (χ2v) is 7.48. The monoisotopic (exact) mass is 368 g/mol. The highest BCUT2D eigenvalue weighted by atomic mass is 32.1. The van der Waals surface area contributed by atoms with Crippen LogP contribution in [0.25, 0.3) is 10.6 Å². The molecule has 1 aliphatic rings. The van der Waals surface area contributed by atoms with Crippen LogP contribution in [-0.2, 0) is 0 Å². The van der Waals surface area contributed by atoms with Gasteiger partial charge in [-0.3, -0.25) is 9.89 Å². The van der Waals surface area contributed by atoms with E-state index in [0.29, 0.717) is 11.5 Å². The van der Waals surface area contributed by atoms with Gasteiger partial charge in [-0.25, -0.2) is 9.97 Å². The lowest BCUT2D eigenvalue weighted by Gasteiger charge is -2.31. The summed E-state index contributed by atoms with van der Waals surface area (Å²) in [7, 11) is 0. The van der Waals surface area contributed by atoms with E-state index in [0.717, 1.165) is 48.2 Å². The van der Waals surface area contributed by atoms with E-state index in [1.807, 2.05) is 23.6 Å². The van der Waals surface area contributed by atoms with E-state index in [9.17, 15) is 4.79 Å². The number of amides is 1. The van der Waals surface area contributed by atoms with Crippen LogP contribution in [0.1, 0.15) is 30.3 Å². The Bertz CT molecular complexity index is 883. The molecule has 3 aromatic heterocycles. The summed E-state index contributed by atoms with van der Waals surface area (Å²) in [5, 5.41) is 11.8. The van der Waals surface area contributed by atoms with Crippen LogP contribution in [-0.4, -0.2) is 39.2 Å². The van der Waals surface area contributed by atoms with Crippen molar-refractivity contribution >= 4 is 28.9 Å². The number of nitrogens with one attached hydrogen (secondary N) is 2. The molecule has 8 heteroatoms. The molecule has 4 rings (SSSR count). The molecule has 3 aromatic rings. The zero-order chi connectivity index (χ0) is 17.9. The maximum Gasteiger partial charge on any atom is 0.277 e. The molecule has 0 unspecified atom stereocenters. The van der Waals surface area contributed by atoms with Gasteiger partial charge in [-0.1, -0.05) is 13.0 Å². The molecule has 1 fully saturated rings. The number of carbonyl (C=O) groups excluding carboxylic acids is 1. The van der Waals surface area contributed by atoms with Crippen LogP contribution in [0.15, 0.2) is 36.0 Å². The molecule has 0 bridgehead atoms. The third-order valence-corrected chi connectivity index (χ3v) is 5.50. The van der Waals surface area contributed by atoms with Gasteiger partial charge in [0.2, 0.25) is 0 Å². The minimum absolute atomic E-state index is 0.291. The topological polar surface area (TPSA) is 86.8 Å². The Labute approximate surface area is 155 Å². The molecule has 0 atom stereocenters. The van der Waals surface area contributed by atoms with Gasteiger partial charge in [-0.2, -0.15) is 5.10 Å². The van der Waals surface area contributed by atoms with Crippen molar-refractivity contribution in [3.63, 3.8) is 0 Å². The number of H-pyrrole nitrogens is 1. The molecular formula is C18H20N6OS. The van der Waals surface area contributed by atoms with Crippen molar-refractivity contribution in [1.29, 1.82) is 0 Å². The number of nitrogens with zero attached hydrogens (tertiary/aromatic N) is 4. The maximum atomic E-state index is 12.5. The number of thiophene rings is 1. The van der Waals surface area contributed by atoms with Gasteiger partial charge < -0.3 is 10.2 Å². The molecule has 1 aliphatic heterocycles. The van der Waals surface area contributed by atoms with Crippen LogP contribution in [0.2, 0.25) is 0 Å². The third-order valence-electron chi connectivity index (χ3n) is 4.60. The molecule has 0 aliphatic carbocycles. The number of aromatic nitrogens is 4. The van der Waals surface area contributed by atoms with E-state index >= 15 is 0 Å². The summed E-state index contributed by atoms with van der Waals surface area (Å²) in [6.07, 6.45) is 3.81. The molecule has 1 amide bonds. The van der Waals surface area contributed by atoms with E-state index in [2.05, 4.69) is 37.3 Å². The molecule has 134 valence electrons. The molecule has 0 saturated carbocycles. The van der Waals surface area contributed by atoms with Gasteiger partial charge in [-0.05, 0) is 36.3 Å². The van der Waals surface area contributed by atoms with Crippen LogP contribution in [0.3, 0.4) is 0 Å². The molecule has 0 radical (unpaired) electrons. The second-order valence-electron chi connectivity index (χ2n) is 6.53. The first-order valence-electron chi connectivity index (χ1n) is 8.66. The van der Waals surface area contributed by atoms with Crippen LogP contribution in [0.4, 0.5) is 11.6 Å². The molecule has 0 aromatic carbocycles. The molecule has 7 nitrogen and oxygen atoms in total. The summed E-state index contributed by atoms with van der Waals surface area (Å²) < 4.78 is 0. The normalized spacial score (nSPS) is 15.2. The Kier molecular flexibility index (Phi) is 4.66. The summed E-state index contributed by atoms with van der Waals surface area (Å²) in [5.41, 5.74) is 1.16. The largest absolute Gasteiger partial charge is 0.356 e. The molecule has 4 heterocycles. The van der Waals surface area contributed by atoms with Crippen molar-refractivity contribution in [1.82, 2.24) is 20.2 Å². The quantitative estimate of drug-likeness (QED) is 0.737. The fraction of sp³-hybridized carbons (Fsp3) is 0.333. The number of rotatable bonds is 4. The predicted octanol–water partition coefficient (Wildman–Crippen LogP) is 3.42. The Morgan fingerprint density at radius 3 is 2.92 bits per heavy atom. The summed E-state index contributed by atoms with van der Waals surface area (Å²) in [6.45, 7) is 4.24. The van der Waals surface area contributed by atoms with E-state index in [1.165, 1.54) is 6.33 Å². The third kappa shape index (κ3) is 3.60. The Morgan fingerprint density at radius 1 is 1.31 bits per heavy atom. The predicted molar refractivity (Wildman–Crippen MR) is 102 cm³/mol. The van der Waals surface area contributed by atoms with Gasteiger partial charge in [0.15, 0.2) is 5.69 Å². The Morgan fingerprint density at radius 2 is 2.15 bits per heavy atom. The molecule has 1 saturated heterocycles. The Hall–Kier alpha value is -2.74. The zero-order valence-electron chi connectivity index (χ0n) is 14.5. The minimum Gasteiger partial charge on any atom is -0.356 e. The first-order chi connectivity index (χ1) is 12.7. The van der Waals surface area contributed by atoms with E-state index < -0.39 is 0 Å². The van der Waals surface area contributed by atoms with E-state index in [-0.39, 0.29) is 5.91 Å². The lowest BCUT2D eigenvalue weighted by molar-refractivity contribution is 0.102. The van der Waals surface area contributed by atoms with Gasteiger partial charge in [0, 0.05) is 19.2 Å². The fourth-order valence-corrected chi connectivity index (χ4v) is 3.69. The highest BCUT2D eigenvalue weighted by Crippen LogP contribution is 2.24. The van der Waals surface area contributed by atoms with E-state index in [1.54, 1.807) is 17.4 Å². The average Bonchev–Trinajstić information content (AvgIpc) is 3.34. The summed E-state index contributed by atoms with van der Waals surface area (Å²) in [5.74, 6) is 1.80. The first-order valence-corrected chi connectivity index (χ1v) is 9.54. The fourth-order valence-electron chi connectivity index (χ4n) is 3.00. The minimum atomic E-state index is -0.291. The number of piperidine rings is 1. The van der Waals surface area contributed by atoms with Crippen molar-refractivity contribution < 1.29 is 4.79 Å². The van der Waals surface area contributed by atoms with Gasteiger partial charge >= 0.3 is 0 Å². The second kappa shape index (κ2) is 7.25. The lowest BCUT2D eigenvalue weighted by atomic mass is 9.99. The molecule has 0 spiro atoms. The van der Waals surface area contributed by atoms with Crippen LogP contribution in [0, 0.1) is 5.92 Å². The van der Waals surface area contributed by atoms with Crippen molar-refractivity contribution in [3.05, 3.63) is 41.7 Å². The number of hydrogen-bond acceptors (Lipinski definition) is 6. The molecule has 26 heavy (non-hydrogen) atoms. The van der Waals surface area contributed by atoms with Gasteiger partial charge in [0.05, 0.1) is 10.6 Å².